The summed E-state index contributed by atoms with van der Waals surface area (Å²) in [7, 11) is 0. The van der Waals surface area contributed by atoms with Gasteiger partial charge in [-0.15, -0.1) is 4.91 Å². The van der Waals surface area contributed by atoms with Crippen LogP contribution in [0.4, 0.5) is 0 Å². The van der Waals surface area contributed by atoms with E-state index >= 15 is 0 Å². The van der Waals surface area contributed by atoms with Crippen LogP contribution >= 0.6 is 0 Å². The second-order valence-corrected chi connectivity index (χ2v) is 6.24. The number of nitrogens with zero attached hydrogens (tertiary/aromatic N) is 3. The van der Waals surface area contributed by atoms with Gasteiger partial charge in [0, 0.05) is 18.2 Å². The number of aliphatic hydroxyl groups excluding tert-OH is 3. The molecule has 1 aromatic heterocycles. The van der Waals surface area contributed by atoms with Crippen LogP contribution in [0.3, 0.4) is 0 Å². The molecular weight excluding hydrogens is 334 g/mol. The molecule has 0 bridgehead atoms. The Kier molecular flexibility index (Phi) is 4.95. The first-order valence-corrected chi connectivity index (χ1v) is 7.97. The van der Waals surface area contributed by atoms with Crippen LogP contribution in [0.2, 0.25) is 0 Å². The average Bonchev–Trinajstić information content (AvgIpc) is 3.08. The molecule has 3 rings (SSSR count). The third kappa shape index (κ3) is 3.21. The Balaban J connectivity index is 1.89. The van der Waals surface area contributed by atoms with Crippen LogP contribution in [0.25, 0.3) is 0 Å². The van der Waals surface area contributed by atoms with Crippen LogP contribution in [0.1, 0.15) is 30.7 Å². The molecule has 0 amide bonds. The lowest BCUT2D eigenvalue weighted by molar-refractivity contribution is -0.777. The van der Waals surface area contributed by atoms with Crippen molar-refractivity contribution < 1.29 is 34.5 Å². The minimum absolute atomic E-state index is 0.212. The lowest BCUT2D eigenvalue weighted by atomic mass is 9.97. The highest BCUT2D eigenvalue weighted by Crippen LogP contribution is 2.32. The number of carboxylic acid groups (broad SMARTS) is 1. The Morgan fingerprint density at radius 1 is 1.28 bits per heavy atom. The average molecular weight is 354 g/mol. The molecule has 0 saturated carbocycles. The summed E-state index contributed by atoms with van der Waals surface area (Å²) < 4.78 is 6.73. The Hall–Kier alpha value is -2.14. The van der Waals surface area contributed by atoms with E-state index in [0.717, 1.165) is 18.4 Å². The summed E-state index contributed by atoms with van der Waals surface area (Å²) in [6, 6.07) is 3.25. The normalized spacial score (nSPS) is 35.6. The second-order valence-electron chi connectivity index (χ2n) is 6.24. The van der Waals surface area contributed by atoms with E-state index in [1.54, 1.807) is 24.5 Å². The SMILES string of the molecule is O=NN1CCC[C@H]1c1ccc[n+]([C@@H]2O[C@H](C(=O)O)[C@@H](O)[C@H](O)[C@H]2O)c1. The van der Waals surface area contributed by atoms with Crippen LogP contribution in [0, 0.1) is 4.91 Å². The number of rotatable bonds is 4. The number of aliphatic hydroxyl groups is 3. The number of nitroso groups, excluding NO2 is 1. The number of hydrogen-bond donors (Lipinski definition) is 4. The van der Waals surface area contributed by atoms with Crippen molar-refractivity contribution in [3.05, 3.63) is 35.0 Å². The number of aromatic nitrogens is 1. The minimum atomic E-state index is -1.74. The summed E-state index contributed by atoms with van der Waals surface area (Å²) in [5.41, 5.74) is 0.753. The molecule has 2 fully saturated rings. The molecule has 2 saturated heterocycles. The van der Waals surface area contributed by atoms with Crippen LogP contribution in [-0.4, -0.2) is 62.4 Å². The molecular formula is C15H20N3O7+. The molecule has 10 nitrogen and oxygen atoms in total. The summed E-state index contributed by atoms with van der Waals surface area (Å²) in [4.78, 5) is 22.1. The van der Waals surface area contributed by atoms with E-state index in [0.29, 0.717) is 6.54 Å². The molecule has 0 aliphatic carbocycles. The molecule has 2 aliphatic heterocycles. The Labute approximate surface area is 142 Å². The third-order valence-corrected chi connectivity index (χ3v) is 4.68. The van der Waals surface area contributed by atoms with E-state index in [4.69, 9.17) is 9.84 Å². The number of aliphatic carboxylic acids is 1. The van der Waals surface area contributed by atoms with Crippen LogP contribution < -0.4 is 4.57 Å². The molecule has 136 valence electrons. The van der Waals surface area contributed by atoms with Crippen LogP contribution in [0.15, 0.2) is 29.8 Å². The lowest BCUT2D eigenvalue weighted by Gasteiger charge is -2.35. The van der Waals surface area contributed by atoms with Gasteiger partial charge in [0.25, 0.3) is 6.23 Å². The van der Waals surface area contributed by atoms with Gasteiger partial charge in [-0.2, -0.15) is 4.57 Å². The maximum atomic E-state index is 11.2. The minimum Gasteiger partial charge on any atom is -0.479 e. The van der Waals surface area contributed by atoms with Gasteiger partial charge in [-0.25, -0.2) is 4.79 Å². The second kappa shape index (κ2) is 7.00. The van der Waals surface area contributed by atoms with Gasteiger partial charge in [-0.3, -0.25) is 5.01 Å². The first kappa shape index (κ1) is 17.7. The highest BCUT2D eigenvalue weighted by atomic mass is 16.6. The summed E-state index contributed by atoms with van der Waals surface area (Å²) in [6.07, 6.45) is -3.07. The number of carboxylic acids is 1. The van der Waals surface area contributed by atoms with Gasteiger partial charge in [-0.1, -0.05) is 0 Å². The van der Waals surface area contributed by atoms with E-state index in [9.17, 15) is 25.0 Å². The summed E-state index contributed by atoms with van der Waals surface area (Å²) in [5, 5.41) is 43.4. The zero-order valence-corrected chi connectivity index (χ0v) is 13.3. The number of ether oxygens (including phenoxy) is 1. The standard InChI is InChI=1S/C15H19N3O7/c19-10-11(20)13(15(22)23)25-14(12(10)21)17-5-1-3-8(7-17)9-4-2-6-18(9)16-24/h1,3,5,7,9-14,19-21H,2,4,6H2/p+1/t9-,10-,11-,12+,13-,14+/m0/s1. The fourth-order valence-electron chi connectivity index (χ4n) is 3.37. The largest absolute Gasteiger partial charge is 0.479 e. The molecule has 2 aliphatic rings. The quantitative estimate of drug-likeness (QED) is 0.392. The molecule has 1 aromatic rings. The maximum absolute atomic E-state index is 11.2. The van der Waals surface area contributed by atoms with Crippen molar-refractivity contribution in [2.24, 2.45) is 5.29 Å². The van der Waals surface area contributed by atoms with E-state index in [-0.39, 0.29) is 6.04 Å². The van der Waals surface area contributed by atoms with Gasteiger partial charge in [0.1, 0.15) is 12.2 Å². The van der Waals surface area contributed by atoms with E-state index in [1.807, 2.05) is 0 Å². The first-order valence-electron chi connectivity index (χ1n) is 7.97. The van der Waals surface area contributed by atoms with E-state index in [2.05, 4.69) is 5.29 Å². The first-order chi connectivity index (χ1) is 11.9. The predicted octanol–water partition coefficient (Wildman–Crippen LogP) is -1.14. The maximum Gasteiger partial charge on any atom is 0.335 e. The van der Waals surface area contributed by atoms with Crippen molar-refractivity contribution >= 4 is 5.97 Å². The van der Waals surface area contributed by atoms with Gasteiger partial charge in [0.15, 0.2) is 24.6 Å². The summed E-state index contributed by atoms with van der Waals surface area (Å²) >= 11 is 0. The lowest BCUT2D eigenvalue weighted by Crippen LogP contribution is -2.63. The molecule has 0 unspecified atom stereocenters. The third-order valence-electron chi connectivity index (χ3n) is 4.68. The van der Waals surface area contributed by atoms with Gasteiger partial charge < -0.3 is 25.2 Å². The molecule has 6 atom stereocenters. The summed E-state index contributed by atoms with van der Waals surface area (Å²) in [5.74, 6) is -1.44. The van der Waals surface area contributed by atoms with Gasteiger partial charge in [0.2, 0.25) is 0 Å². The van der Waals surface area contributed by atoms with E-state index < -0.39 is 36.6 Å². The molecule has 4 N–H and O–H groups in total. The fraction of sp³-hybridized carbons (Fsp3) is 0.600. The Morgan fingerprint density at radius 2 is 2.04 bits per heavy atom. The number of hydrogen-bond acceptors (Lipinski definition) is 7. The molecule has 3 heterocycles. The monoisotopic (exact) mass is 354 g/mol. The van der Waals surface area contributed by atoms with Crippen molar-refractivity contribution in [3.8, 4) is 0 Å². The van der Waals surface area contributed by atoms with Gasteiger partial charge in [-0.05, 0) is 18.9 Å². The van der Waals surface area contributed by atoms with Crippen LogP contribution in [-0.2, 0) is 9.53 Å². The highest BCUT2D eigenvalue weighted by molar-refractivity contribution is 5.73. The highest BCUT2D eigenvalue weighted by Gasteiger charge is 2.51. The van der Waals surface area contributed by atoms with Crippen molar-refractivity contribution in [3.63, 3.8) is 0 Å². The van der Waals surface area contributed by atoms with Gasteiger partial charge >= 0.3 is 5.97 Å². The number of carbonyl (C=O) groups is 1. The molecule has 0 radical (unpaired) electrons. The van der Waals surface area contributed by atoms with Crippen molar-refractivity contribution in [1.29, 1.82) is 0 Å². The fourth-order valence-corrected chi connectivity index (χ4v) is 3.37. The zero-order chi connectivity index (χ0) is 18.1. The van der Waals surface area contributed by atoms with Crippen molar-refractivity contribution in [2.45, 2.75) is 49.5 Å². The smallest absolute Gasteiger partial charge is 0.335 e. The molecule has 25 heavy (non-hydrogen) atoms. The molecule has 10 heteroatoms. The van der Waals surface area contributed by atoms with Crippen molar-refractivity contribution in [1.82, 2.24) is 5.01 Å². The number of pyridine rings is 1. The molecule has 0 aromatic carbocycles. The topological polar surface area (TPSA) is 144 Å². The summed E-state index contributed by atoms with van der Waals surface area (Å²) in [6.45, 7) is 0.553. The molecule has 0 spiro atoms. The Morgan fingerprint density at radius 3 is 2.72 bits per heavy atom. The van der Waals surface area contributed by atoms with Crippen molar-refractivity contribution in [2.75, 3.05) is 6.54 Å². The van der Waals surface area contributed by atoms with E-state index in [1.165, 1.54) is 9.58 Å². The predicted molar refractivity (Wildman–Crippen MR) is 80.7 cm³/mol. The Bertz CT molecular complexity index is 658. The zero-order valence-electron chi connectivity index (χ0n) is 13.3. The van der Waals surface area contributed by atoms with Gasteiger partial charge in [0.05, 0.1) is 11.3 Å². The van der Waals surface area contributed by atoms with Crippen LogP contribution in [0.5, 0.6) is 0 Å².